The molecule has 0 N–H and O–H groups in total. The summed E-state index contributed by atoms with van der Waals surface area (Å²) in [5, 5.41) is 0.925. The number of hydrogen-bond acceptors (Lipinski definition) is 1. The molecule has 2 atom stereocenters. The summed E-state index contributed by atoms with van der Waals surface area (Å²) in [5.41, 5.74) is 0. The number of carbonyl (C=O) groups is 1. The van der Waals surface area contributed by atoms with Gasteiger partial charge in [0.2, 0.25) is 5.91 Å². The van der Waals surface area contributed by atoms with Gasteiger partial charge in [0.1, 0.15) is 0 Å². The van der Waals surface area contributed by atoms with E-state index in [4.69, 9.17) is 0 Å². The number of halogens is 1. The molecule has 1 amide bonds. The fraction of sp³-hybridized carbons (Fsp3) is 0.923. The Hall–Kier alpha value is -0.0500. The van der Waals surface area contributed by atoms with E-state index in [0.29, 0.717) is 17.9 Å². The van der Waals surface area contributed by atoms with Crippen LogP contribution in [0.1, 0.15) is 38.5 Å². The number of alkyl halides is 1. The molecular formula is C13H20BrNO. The summed E-state index contributed by atoms with van der Waals surface area (Å²) in [6.07, 6.45) is 7.57. The highest BCUT2D eigenvalue weighted by molar-refractivity contribution is 9.09. The first kappa shape index (κ1) is 11.1. The molecule has 2 nitrogen and oxygen atoms in total. The fourth-order valence-electron chi connectivity index (χ4n) is 3.41. The van der Waals surface area contributed by atoms with Crippen LogP contribution >= 0.6 is 15.9 Å². The third-order valence-corrected chi connectivity index (χ3v) is 5.07. The molecule has 3 saturated carbocycles. The van der Waals surface area contributed by atoms with Gasteiger partial charge in [-0.1, -0.05) is 15.9 Å². The first-order valence-corrected chi connectivity index (χ1v) is 7.78. The summed E-state index contributed by atoms with van der Waals surface area (Å²) in [4.78, 5) is 14.6. The lowest BCUT2D eigenvalue weighted by Crippen LogP contribution is -2.47. The van der Waals surface area contributed by atoms with Gasteiger partial charge in [0.05, 0.1) is 0 Å². The standard InChI is InChI=1S/C13H20BrNO/c14-4-5-15(12-2-1-3-12)13(16)11-7-9-6-10(9)8-11/h9-12H,1-8H2. The van der Waals surface area contributed by atoms with Gasteiger partial charge in [0.15, 0.2) is 0 Å². The van der Waals surface area contributed by atoms with Crippen molar-refractivity contribution in [3.8, 4) is 0 Å². The van der Waals surface area contributed by atoms with E-state index in [0.717, 1.165) is 23.7 Å². The average molecular weight is 286 g/mol. The SMILES string of the molecule is O=C(C1CC2CC2C1)N(CCBr)C1CCC1. The predicted octanol–water partition coefficient (Wildman–Crippen LogP) is 2.81. The molecule has 3 fully saturated rings. The molecule has 0 aromatic heterocycles. The summed E-state index contributed by atoms with van der Waals surface area (Å²) >= 11 is 3.48. The lowest BCUT2D eigenvalue weighted by molar-refractivity contribution is -0.139. The number of hydrogen-bond donors (Lipinski definition) is 0. The molecule has 0 aromatic carbocycles. The monoisotopic (exact) mass is 285 g/mol. The Labute approximate surface area is 106 Å². The average Bonchev–Trinajstić information content (AvgIpc) is 2.82. The van der Waals surface area contributed by atoms with Crippen molar-refractivity contribution >= 4 is 21.8 Å². The van der Waals surface area contributed by atoms with Gasteiger partial charge >= 0.3 is 0 Å². The molecule has 0 aromatic rings. The number of nitrogens with zero attached hydrogens (tertiary/aromatic N) is 1. The van der Waals surface area contributed by atoms with Gasteiger partial charge in [-0.3, -0.25) is 4.79 Å². The molecule has 3 aliphatic rings. The first-order valence-electron chi connectivity index (χ1n) is 6.66. The van der Waals surface area contributed by atoms with Gasteiger partial charge in [-0.25, -0.2) is 0 Å². The molecule has 3 heteroatoms. The van der Waals surface area contributed by atoms with Gasteiger partial charge in [0.25, 0.3) is 0 Å². The Morgan fingerprint density at radius 2 is 1.88 bits per heavy atom. The number of rotatable bonds is 4. The Morgan fingerprint density at radius 1 is 1.19 bits per heavy atom. The highest BCUT2D eigenvalue weighted by Crippen LogP contribution is 2.54. The number of amides is 1. The summed E-state index contributed by atoms with van der Waals surface area (Å²) in [7, 11) is 0. The van der Waals surface area contributed by atoms with Gasteiger partial charge in [-0.15, -0.1) is 0 Å². The predicted molar refractivity (Wildman–Crippen MR) is 67.5 cm³/mol. The maximum absolute atomic E-state index is 12.4. The molecule has 0 saturated heterocycles. The third-order valence-electron chi connectivity index (χ3n) is 4.72. The highest BCUT2D eigenvalue weighted by atomic mass is 79.9. The largest absolute Gasteiger partial charge is 0.339 e. The van der Waals surface area contributed by atoms with Crippen molar-refractivity contribution in [1.82, 2.24) is 4.90 Å². The van der Waals surface area contributed by atoms with Gasteiger partial charge < -0.3 is 4.90 Å². The molecule has 2 unspecified atom stereocenters. The second kappa shape index (κ2) is 4.32. The fourth-order valence-corrected chi connectivity index (χ4v) is 3.80. The van der Waals surface area contributed by atoms with Crippen molar-refractivity contribution in [2.75, 3.05) is 11.9 Å². The second-order valence-corrected chi connectivity index (χ2v) is 6.52. The molecule has 0 spiro atoms. The van der Waals surface area contributed by atoms with Crippen LogP contribution in [0.2, 0.25) is 0 Å². The van der Waals surface area contributed by atoms with Crippen LogP contribution in [0.25, 0.3) is 0 Å². The van der Waals surface area contributed by atoms with Crippen LogP contribution in [0.15, 0.2) is 0 Å². The van der Waals surface area contributed by atoms with Crippen molar-refractivity contribution in [3.63, 3.8) is 0 Å². The zero-order valence-corrected chi connectivity index (χ0v) is 11.3. The van der Waals surface area contributed by atoms with Crippen LogP contribution in [0.3, 0.4) is 0 Å². The maximum Gasteiger partial charge on any atom is 0.225 e. The van der Waals surface area contributed by atoms with Crippen LogP contribution < -0.4 is 0 Å². The van der Waals surface area contributed by atoms with E-state index in [-0.39, 0.29) is 0 Å². The van der Waals surface area contributed by atoms with E-state index in [1.54, 1.807) is 0 Å². The minimum Gasteiger partial charge on any atom is -0.339 e. The van der Waals surface area contributed by atoms with Crippen LogP contribution in [-0.2, 0) is 4.79 Å². The molecule has 0 bridgehead atoms. The van der Waals surface area contributed by atoms with Crippen molar-refractivity contribution in [2.24, 2.45) is 17.8 Å². The summed E-state index contributed by atoms with van der Waals surface area (Å²) in [6.45, 7) is 0.912. The van der Waals surface area contributed by atoms with Crippen molar-refractivity contribution in [2.45, 2.75) is 44.6 Å². The zero-order valence-electron chi connectivity index (χ0n) is 9.70. The Bertz CT molecular complexity index is 280. The van der Waals surface area contributed by atoms with Crippen LogP contribution in [0.5, 0.6) is 0 Å². The smallest absolute Gasteiger partial charge is 0.225 e. The Balaban J connectivity index is 1.61. The Morgan fingerprint density at radius 3 is 2.38 bits per heavy atom. The van der Waals surface area contributed by atoms with Crippen molar-refractivity contribution < 1.29 is 4.79 Å². The molecule has 3 aliphatic carbocycles. The van der Waals surface area contributed by atoms with Crippen LogP contribution in [0, 0.1) is 17.8 Å². The minimum atomic E-state index is 0.378. The number of carbonyl (C=O) groups excluding carboxylic acids is 1. The Kier molecular flexibility index (Phi) is 2.99. The van der Waals surface area contributed by atoms with Crippen molar-refractivity contribution in [3.05, 3.63) is 0 Å². The molecule has 0 aliphatic heterocycles. The molecular weight excluding hydrogens is 266 g/mol. The summed E-state index contributed by atoms with van der Waals surface area (Å²) in [6, 6.07) is 0.571. The van der Waals surface area contributed by atoms with E-state index in [9.17, 15) is 4.79 Å². The molecule has 16 heavy (non-hydrogen) atoms. The van der Waals surface area contributed by atoms with Gasteiger partial charge in [-0.05, 0) is 50.4 Å². The van der Waals surface area contributed by atoms with Crippen molar-refractivity contribution in [1.29, 1.82) is 0 Å². The lowest BCUT2D eigenvalue weighted by Gasteiger charge is -2.39. The minimum absolute atomic E-state index is 0.378. The van der Waals surface area contributed by atoms with E-state index in [2.05, 4.69) is 20.8 Å². The topological polar surface area (TPSA) is 20.3 Å². The van der Waals surface area contributed by atoms with Crippen LogP contribution in [-0.4, -0.2) is 28.7 Å². The van der Waals surface area contributed by atoms with E-state index >= 15 is 0 Å². The first-order chi connectivity index (χ1) is 7.79. The number of fused-ring (bicyclic) bond motifs is 1. The zero-order chi connectivity index (χ0) is 11.1. The summed E-state index contributed by atoms with van der Waals surface area (Å²) in [5.74, 6) is 2.68. The molecule has 90 valence electrons. The third kappa shape index (κ3) is 1.92. The summed E-state index contributed by atoms with van der Waals surface area (Å²) < 4.78 is 0. The van der Waals surface area contributed by atoms with Crippen LogP contribution in [0.4, 0.5) is 0 Å². The highest BCUT2D eigenvalue weighted by Gasteiger charge is 2.49. The lowest BCUT2D eigenvalue weighted by atomic mass is 9.90. The second-order valence-electron chi connectivity index (χ2n) is 5.73. The molecule has 3 rings (SSSR count). The quantitative estimate of drug-likeness (QED) is 0.728. The van der Waals surface area contributed by atoms with Gasteiger partial charge in [0, 0.05) is 23.8 Å². The van der Waals surface area contributed by atoms with Gasteiger partial charge in [-0.2, -0.15) is 0 Å². The maximum atomic E-state index is 12.4. The van der Waals surface area contributed by atoms with E-state index in [1.165, 1.54) is 38.5 Å². The van der Waals surface area contributed by atoms with E-state index < -0.39 is 0 Å². The normalized spacial score (nSPS) is 36.7. The molecule has 0 radical (unpaired) electrons. The van der Waals surface area contributed by atoms with E-state index in [1.807, 2.05) is 0 Å². The molecule has 0 heterocycles.